The number of hydrogen-bond donors (Lipinski definition) is 3. The lowest BCUT2D eigenvalue weighted by molar-refractivity contribution is -0.143. The van der Waals surface area contributed by atoms with Crippen LogP contribution in [0.15, 0.2) is 0 Å². The zero-order chi connectivity index (χ0) is 12.6. The van der Waals surface area contributed by atoms with Crippen LogP contribution in [-0.4, -0.2) is 34.6 Å². The van der Waals surface area contributed by atoms with Crippen molar-refractivity contribution >= 4 is 11.9 Å². The van der Waals surface area contributed by atoms with Crippen LogP contribution in [0.3, 0.4) is 0 Å². The maximum Gasteiger partial charge on any atom is 0.322 e. The van der Waals surface area contributed by atoms with Crippen LogP contribution in [0.25, 0.3) is 0 Å². The first-order valence-electron chi connectivity index (χ1n) is 5.51. The second kappa shape index (κ2) is 8.06. The largest absolute Gasteiger partial charge is 0.480 e. The van der Waals surface area contributed by atoms with Crippen molar-refractivity contribution in [3.8, 4) is 0 Å². The van der Waals surface area contributed by atoms with E-state index >= 15 is 0 Å². The summed E-state index contributed by atoms with van der Waals surface area (Å²) >= 11 is 0. The molecule has 0 rings (SSSR count). The summed E-state index contributed by atoms with van der Waals surface area (Å²) in [5.74, 6) is 4.13. The highest BCUT2D eigenvalue weighted by Crippen LogP contribution is 2.06. The van der Waals surface area contributed by atoms with E-state index in [0.29, 0.717) is 6.54 Å². The third-order valence-corrected chi connectivity index (χ3v) is 2.37. The van der Waals surface area contributed by atoms with Gasteiger partial charge in [-0.05, 0) is 12.8 Å². The standard InChI is InChI=1S/C10H21N3O3/c1-2-3-4-7-13(12)8(10(15)16)5-6-9(11)14/h8H,2-7,12H2,1H3,(H2,11,14)(H,15,16)/t8-/m0/s1. The zero-order valence-corrected chi connectivity index (χ0v) is 9.69. The summed E-state index contributed by atoms with van der Waals surface area (Å²) in [6, 6.07) is -0.829. The minimum Gasteiger partial charge on any atom is -0.480 e. The highest BCUT2D eigenvalue weighted by Gasteiger charge is 2.23. The summed E-state index contributed by atoms with van der Waals surface area (Å²) in [4.78, 5) is 21.5. The number of primary amides is 1. The number of carboxylic acid groups (broad SMARTS) is 1. The third-order valence-electron chi connectivity index (χ3n) is 2.37. The van der Waals surface area contributed by atoms with Crippen LogP contribution in [0.5, 0.6) is 0 Å². The molecule has 0 bridgehead atoms. The van der Waals surface area contributed by atoms with E-state index in [-0.39, 0.29) is 12.8 Å². The number of carbonyl (C=O) groups is 2. The van der Waals surface area contributed by atoms with E-state index in [0.717, 1.165) is 19.3 Å². The van der Waals surface area contributed by atoms with Crippen molar-refractivity contribution in [2.75, 3.05) is 6.54 Å². The van der Waals surface area contributed by atoms with E-state index in [9.17, 15) is 9.59 Å². The molecule has 6 nitrogen and oxygen atoms in total. The maximum absolute atomic E-state index is 10.9. The van der Waals surface area contributed by atoms with Crippen LogP contribution < -0.4 is 11.6 Å². The van der Waals surface area contributed by atoms with Crippen LogP contribution in [-0.2, 0) is 9.59 Å². The van der Waals surface area contributed by atoms with E-state index in [1.54, 1.807) is 0 Å². The van der Waals surface area contributed by atoms with Gasteiger partial charge in [0.05, 0.1) is 0 Å². The summed E-state index contributed by atoms with van der Waals surface area (Å²) in [7, 11) is 0. The van der Waals surface area contributed by atoms with Crippen LogP contribution in [0, 0.1) is 0 Å². The number of carbonyl (C=O) groups excluding carboxylic acids is 1. The molecule has 0 aliphatic rings. The van der Waals surface area contributed by atoms with Crippen molar-refractivity contribution < 1.29 is 14.7 Å². The fraction of sp³-hybridized carbons (Fsp3) is 0.800. The summed E-state index contributed by atoms with van der Waals surface area (Å²) < 4.78 is 0. The SMILES string of the molecule is CCCCCN(N)[C@@H](CCC(N)=O)C(=O)O. The lowest BCUT2D eigenvalue weighted by Crippen LogP contribution is -2.46. The van der Waals surface area contributed by atoms with Gasteiger partial charge in [-0.2, -0.15) is 0 Å². The summed E-state index contributed by atoms with van der Waals surface area (Å²) in [6.45, 7) is 2.58. The van der Waals surface area contributed by atoms with E-state index in [2.05, 4.69) is 6.92 Å². The van der Waals surface area contributed by atoms with Gasteiger partial charge in [0.15, 0.2) is 0 Å². The van der Waals surface area contributed by atoms with Crippen molar-refractivity contribution in [3.05, 3.63) is 0 Å². The number of hydrazine groups is 1. The Balaban J connectivity index is 4.08. The molecule has 0 aliphatic heterocycles. The number of nitrogens with zero attached hydrogens (tertiary/aromatic N) is 1. The first kappa shape index (κ1) is 14.9. The maximum atomic E-state index is 10.9. The van der Waals surface area contributed by atoms with Crippen LogP contribution in [0.4, 0.5) is 0 Å². The van der Waals surface area contributed by atoms with Crippen molar-refractivity contribution in [3.63, 3.8) is 0 Å². The fourth-order valence-electron chi connectivity index (χ4n) is 1.41. The first-order chi connectivity index (χ1) is 7.49. The second-order valence-electron chi connectivity index (χ2n) is 3.80. The van der Waals surface area contributed by atoms with Crippen molar-refractivity contribution in [2.24, 2.45) is 11.6 Å². The molecule has 0 aliphatic carbocycles. The molecule has 0 unspecified atom stereocenters. The number of aliphatic carboxylic acids is 1. The molecule has 0 saturated carbocycles. The molecule has 1 amide bonds. The molecule has 0 aromatic heterocycles. The molecule has 6 heteroatoms. The topological polar surface area (TPSA) is 110 Å². The Morgan fingerprint density at radius 1 is 1.38 bits per heavy atom. The van der Waals surface area contributed by atoms with E-state index in [1.165, 1.54) is 5.01 Å². The van der Waals surface area contributed by atoms with Gasteiger partial charge < -0.3 is 10.8 Å². The third kappa shape index (κ3) is 6.36. The average molecular weight is 231 g/mol. The average Bonchev–Trinajstić information content (AvgIpc) is 2.17. The number of nitrogens with two attached hydrogens (primary N) is 2. The Kier molecular flexibility index (Phi) is 7.49. The molecule has 0 radical (unpaired) electrons. The van der Waals surface area contributed by atoms with Gasteiger partial charge in [0, 0.05) is 13.0 Å². The molecule has 1 atom stereocenters. The number of unbranched alkanes of at least 4 members (excludes halogenated alkanes) is 2. The van der Waals surface area contributed by atoms with Crippen LogP contribution >= 0.6 is 0 Å². The van der Waals surface area contributed by atoms with E-state index in [1.807, 2.05) is 0 Å². The first-order valence-corrected chi connectivity index (χ1v) is 5.51. The van der Waals surface area contributed by atoms with Crippen LogP contribution in [0.1, 0.15) is 39.0 Å². The lowest BCUT2D eigenvalue weighted by atomic mass is 10.1. The second-order valence-corrected chi connectivity index (χ2v) is 3.80. The molecule has 94 valence electrons. The van der Waals surface area contributed by atoms with Crippen LogP contribution in [0.2, 0.25) is 0 Å². The van der Waals surface area contributed by atoms with Gasteiger partial charge in [-0.15, -0.1) is 0 Å². The molecular formula is C10H21N3O3. The molecule has 0 heterocycles. The van der Waals surface area contributed by atoms with Gasteiger partial charge in [0.25, 0.3) is 0 Å². The van der Waals surface area contributed by atoms with Gasteiger partial charge in [-0.1, -0.05) is 19.8 Å². The minimum atomic E-state index is -1.01. The number of carboxylic acids is 1. The summed E-state index contributed by atoms with van der Waals surface area (Å²) in [5, 5.41) is 10.2. The lowest BCUT2D eigenvalue weighted by Gasteiger charge is -2.23. The predicted octanol–water partition coefficient (Wildman–Crippen LogP) is 0.0710. The monoisotopic (exact) mass is 231 g/mol. The zero-order valence-electron chi connectivity index (χ0n) is 9.69. The molecule has 0 spiro atoms. The normalized spacial score (nSPS) is 12.7. The van der Waals surface area contributed by atoms with Crippen molar-refractivity contribution in [2.45, 2.75) is 45.1 Å². The Hall–Kier alpha value is -1.14. The van der Waals surface area contributed by atoms with Gasteiger partial charge >= 0.3 is 5.97 Å². The summed E-state index contributed by atoms with van der Waals surface area (Å²) in [5.41, 5.74) is 4.97. The van der Waals surface area contributed by atoms with Gasteiger partial charge in [-0.25, -0.2) is 5.01 Å². The minimum absolute atomic E-state index is 0.0401. The van der Waals surface area contributed by atoms with E-state index < -0.39 is 17.9 Å². The smallest absolute Gasteiger partial charge is 0.322 e. The number of amides is 1. The molecule has 0 aromatic rings. The number of hydrogen-bond acceptors (Lipinski definition) is 4. The highest BCUT2D eigenvalue weighted by molar-refractivity contribution is 5.77. The van der Waals surface area contributed by atoms with Crippen molar-refractivity contribution in [1.29, 1.82) is 0 Å². The van der Waals surface area contributed by atoms with Gasteiger partial charge in [-0.3, -0.25) is 15.4 Å². The van der Waals surface area contributed by atoms with Gasteiger partial charge in [0.2, 0.25) is 5.91 Å². The Bertz CT molecular complexity index is 233. The van der Waals surface area contributed by atoms with Gasteiger partial charge in [0.1, 0.15) is 6.04 Å². The van der Waals surface area contributed by atoms with E-state index in [4.69, 9.17) is 16.7 Å². The molecule has 5 N–H and O–H groups in total. The predicted molar refractivity (Wildman–Crippen MR) is 60.3 cm³/mol. The quantitative estimate of drug-likeness (QED) is 0.295. The Morgan fingerprint density at radius 3 is 2.44 bits per heavy atom. The molecule has 0 saturated heterocycles. The summed E-state index contributed by atoms with van der Waals surface area (Å²) in [6.07, 6.45) is 3.11. The molecule has 16 heavy (non-hydrogen) atoms. The molecule has 0 fully saturated rings. The Labute approximate surface area is 95.6 Å². The number of rotatable bonds is 9. The molecule has 0 aromatic carbocycles. The van der Waals surface area contributed by atoms with Crippen molar-refractivity contribution in [1.82, 2.24) is 5.01 Å². The Morgan fingerprint density at radius 2 is 2.00 bits per heavy atom. The molecular weight excluding hydrogens is 210 g/mol. The highest BCUT2D eigenvalue weighted by atomic mass is 16.4. The fourth-order valence-corrected chi connectivity index (χ4v) is 1.41.